The highest BCUT2D eigenvalue weighted by Crippen LogP contribution is 2.56. The highest BCUT2D eigenvalue weighted by molar-refractivity contribution is 5.77. The van der Waals surface area contributed by atoms with Crippen LogP contribution in [-0.4, -0.2) is 19.7 Å². The number of nitrogens with one attached hydrogen (secondary N) is 1. The Bertz CT molecular complexity index is 1090. The monoisotopic (exact) mass is 394 g/mol. The van der Waals surface area contributed by atoms with E-state index in [0.29, 0.717) is 11.4 Å². The fourth-order valence-corrected chi connectivity index (χ4v) is 3.66. The maximum absolute atomic E-state index is 13.5. The minimum Gasteiger partial charge on any atom is -0.310 e. The van der Waals surface area contributed by atoms with Crippen molar-refractivity contribution in [1.29, 1.82) is 0 Å². The van der Waals surface area contributed by atoms with E-state index >= 15 is 0 Å². The first-order valence-electron chi connectivity index (χ1n) is 8.85. The van der Waals surface area contributed by atoms with Crippen LogP contribution in [0.2, 0.25) is 0 Å². The number of benzene rings is 1. The van der Waals surface area contributed by atoms with Gasteiger partial charge in [-0.3, -0.25) is 4.79 Å². The van der Waals surface area contributed by atoms with E-state index in [9.17, 15) is 22.4 Å². The zero-order valence-corrected chi connectivity index (χ0v) is 15.3. The predicted molar refractivity (Wildman–Crippen MR) is 94.6 cm³/mol. The van der Waals surface area contributed by atoms with Crippen molar-refractivity contribution in [3.63, 3.8) is 0 Å². The van der Waals surface area contributed by atoms with E-state index in [4.69, 9.17) is 0 Å². The zero-order chi connectivity index (χ0) is 20.3. The van der Waals surface area contributed by atoms with E-state index in [1.165, 1.54) is 16.8 Å². The summed E-state index contributed by atoms with van der Waals surface area (Å²) in [5, 5.41) is 4.38. The fraction of sp³-hybridized carbons (Fsp3) is 0.421. The molecule has 1 aliphatic carbocycles. The number of alkyl halides is 4. The van der Waals surface area contributed by atoms with E-state index in [2.05, 4.69) is 15.1 Å². The van der Waals surface area contributed by atoms with Crippen molar-refractivity contribution in [1.82, 2.24) is 19.7 Å². The SMILES string of the molecule is Cc1nc2c(c(CF)nn2[C@H](c2ccc(C(F)(F)F)cc2)C2(C)CC2)c(=O)[nH]1. The summed E-state index contributed by atoms with van der Waals surface area (Å²) in [4.78, 5) is 19.2. The number of nitrogens with zero attached hydrogens (tertiary/aromatic N) is 3. The van der Waals surface area contributed by atoms with Gasteiger partial charge in [0.1, 0.15) is 23.6 Å². The molecule has 0 amide bonds. The lowest BCUT2D eigenvalue weighted by atomic mass is 9.91. The van der Waals surface area contributed by atoms with Crippen LogP contribution in [0.4, 0.5) is 17.6 Å². The Morgan fingerprint density at radius 3 is 2.43 bits per heavy atom. The average molecular weight is 394 g/mol. The van der Waals surface area contributed by atoms with Crippen LogP contribution in [0.5, 0.6) is 0 Å². The summed E-state index contributed by atoms with van der Waals surface area (Å²) in [7, 11) is 0. The van der Waals surface area contributed by atoms with Crippen LogP contribution in [-0.2, 0) is 12.9 Å². The quantitative estimate of drug-likeness (QED) is 0.671. The van der Waals surface area contributed by atoms with E-state index in [1.807, 2.05) is 6.92 Å². The Kier molecular flexibility index (Phi) is 4.09. The van der Waals surface area contributed by atoms with Crippen LogP contribution in [0.3, 0.4) is 0 Å². The van der Waals surface area contributed by atoms with E-state index < -0.39 is 30.0 Å². The molecule has 0 saturated heterocycles. The van der Waals surface area contributed by atoms with E-state index in [-0.39, 0.29) is 22.1 Å². The van der Waals surface area contributed by atoms with Gasteiger partial charge in [-0.25, -0.2) is 14.1 Å². The first kappa shape index (κ1) is 18.6. The largest absolute Gasteiger partial charge is 0.416 e. The van der Waals surface area contributed by atoms with Crippen molar-refractivity contribution in [3.05, 3.63) is 57.3 Å². The number of aryl methyl sites for hydroxylation is 1. The molecule has 1 atom stereocenters. The molecule has 0 radical (unpaired) electrons. The molecule has 0 spiro atoms. The van der Waals surface area contributed by atoms with Gasteiger partial charge in [0.05, 0.1) is 11.6 Å². The lowest BCUT2D eigenvalue weighted by molar-refractivity contribution is -0.137. The molecule has 4 rings (SSSR count). The van der Waals surface area contributed by atoms with E-state index in [1.54, 1.807) is 6.92 Å². The first-order valence-corrected chi connectivity index (χ1v) is 8.85. The average Bonchev–Trinajstić information content (AvgIpc) is 3.25. The minimum atomic E-state index is -4.43. The molecule has 1 N–H and O–H groups in total. The number of fused-ring (bicyclic) bond motifs is 1. The number of H-pyrrole nitrogens is 1. The Morgan fingerprint density at radius 2 is 1.89 bits per heavy atom. The first-order chi connectivity index (χ1) is 13.1. The minimum absolute atomic E-state index is 0.0232. The zero-order valence-electron chi connectivity index (χ0n) is 15.3. The van der Waals surface area contributed by atoms with Crippen LogP contribution >= 0.6 is 0 Å². The third-order valence-corrected chi connectivity index (χ3v) is 5.38. The Morgan fingerprint density at radius 1 is 1.25 bits per heavy atom. The number of hydrogen-bond acceptors (Lipinski definition) is 3. The molecule has 2 aromatic heterocycles. The number of hydrogen-bond donors (Lipinski definition) is 1. The summed E-state index contributed by atoms with van der Waals surface area (Å²) >= 11 is 0. The highest BCUT2D eigenvalue weighted by atomic mass is 19.4. The predicted octanol–water partition coefficient (Wildman–Crippen LogP) is 4.31. The third-order valence-electron chi connectivity index (χ3n) is 5.38. The van der Waals surface area contributed by atoms with Gasteiger partial charge in [0.2, 0.25) is 0 Å². The van der Waals surface area contributed by atoms with Gasteiger partial charge in [0.15, 0.2) is 5.65 Å². The molecule has 5 nitrogen and oxygen atoms in total. The van der Waals surface area contributed by atoms with Crippen LogP contribution in [0.15, 0.2) is 29.1 Å². The molecule has 1 saturated carbocycles. The summed E-state index contributed by atoms with van der Waals surface area (Å²) in [6, 6.07) is 4.44. The van der Waals surface area contributed by atoms with Crippen molar-refractivity contribution in [3.8, 4) is 0 Å². The maximum Gasteiger partial charge on any atom is 0.416 e. The Balaban J connectivity index is 1.92. The smallest absolute Gasteiger partial charge is 0.310 e. The molecular formula is C19H18F4N4O. The van der Waals surface area contributed by atoms with Gasteiger partial charge in [-0.05, 0) is 42.9 Å². The van der Waals surface area contributed by atoms with Crippen molar-refractivity contribution in [2.75, 3.05) is 0 Å². The van der Waals surface area contributed by atoms with Crippen LogP contribution in [0.25, 0.3) is 11.0 Å². The summed E-state index contributed by atoms with van der Waals surface area (Å²) in [6.45, 7) is 2.67. The van der Waals surface area contributed by atoms with Crippen molar-refractivity contribution in [2.45, 2.75) is 45.6 Å². The molecular weight excluding hydrogens is 376 g/mol. The van der Waals surface area contributed by atoms with Gasteiger partial charge in [-0.2, -0.15) is 18.3 Å². The fourth-order valence-electron chi connectivity index (χ4n) is 3.66. The van der Waals surface area contributed by atoms with E-state index in [0.717, 1.165) is 25.0 Å². The summed E-state index contributed by atoms with van der Waals surface area (Å²) in [5.41, 5.74) is -0.645. The van der Waals surface area contributed by atoms with Gasteiger partial charge in [-0.15, -0.1) is 0 Å². The highest BCUT2D eigenvalue weighted by Gasteiger charge is 2.48. The molecule has 0 bridgehead atoms. The number of halogens is 4. The Labute approximate surface area is 157 Å². The second-order valence-electron chi connectivity index (χ2n) is 7.55. The molecule has 0 aliphatic heterocycles. The molecule has 1 aliphatic rings. The van der Waals surface area contributed by atoms with Crippen LogP contribution in [0.1, 0.15) is 48.5 Å². The molecule has 28 heavy (non-hydrogen) atoms. The van der Waals surface area contributed by atoms with Crippen LogP contribution < -0.4 is 5.56 Å². The molecule has 3 aromatic rings. The lowest BCUT2D eigenvalue weighted by Crippen LogP contribution is -2.22. The summed E-state index contributed by atoms with van der Waals surface area (Å²) in [5.74, 6) is 0.358. The van der Waals surface area contributed by atoms with Gasteiger partial charge in [0.25, 0.3) is 5.56 Å². The second kappa shape index (κ2) is 6.15. The van der Waals surface area contributed by atoms with Gasteiger partial charge in [-0.1, -0.05) is 19.1 Å². The van der Waals surface area contributed by atoms with Gasteiger partial charge in [0, 0.05) is 0 Å². The number of rotatable bonds is 4. The molecule has 148 valence electrons. The van der Waals surface area contributed by atoms with Gasteiger partial charge >= 0.3 is 6.18 Å². The topological polar surface area (TPSA) is 63.6 Å². The van der Waals surface area contributed by atoms with Crippen molar-refractivity contribution < 1.29 is 17.6 Å². The number of aromatic nitrogens is 4. The maximum atomic E-state index is 13.5. The molecule has 1 aromatic carbocycles. The normalized spacial score (nSPS) is 17.1. The molecule has 1 fully saturated rings. The lowest BCUT2D eigenvalue weighted by Gasteiger charge is -2.25. The Hall–Kier alpha value is -2.71. The van der Waals surface area contributed by atoms with Crippen molar-refractivity contribution in [2.24, 2.45) is 5.41 Å². The molecule has 2 heterocycles. The van der Waals surface area contributed by atoms with Crippen LogP contribution in [0, 0.1) is 12.3 Å². The molecule has 0 unspecified atom stereocenters. The summed E-state index contributed by atoms with van der Waals surface area (Å²) < 4.78 is 53.8. The second-order valence-corrected chi connectivity index (χ2v) is 7.55. The number of aromatic amines is 1. The molecule has 9 heteroatoms. The standard InChI is InChI=1S/C19H18F4N4O/c1-10-24-16-14(17(28)25-10)13(9-20)26-27(16)15(18(2)7-8-18)11-3-5-12(6-4-11)19(21,22)23/h3-6,15H,7-9H2,1-2H3,(H,24,25,28)/t15-/m1/s1. The third kappa shape index (κ3) is 2.98. The van der Waals surface area contributed by atoms with Crippen molar-refractivity contribution >= 4 is 11.0 Å². The summed E-state index contributed by atoms with van der Waals surface area (Å²) in [6.07, 6.45) is -2.75. The van der Waals surface area contributed by atoms with Gasteiger partial charge < -0.3 is 4.98 Å².